The Morgan fingerprint density at radius 3 is 2.59 bits per heavy atom. The molecule has 2 aromatic rings. The summed E-state index contributed by atoms with van der Waals surface area (Å²) in [5.41, 5.74) is 3.71. The van der Waals surface area contributed by atoms with Crippen LogP contribution in [0, 0.1) is 12.3 Å². The fraction of sp³-hybridized carbons (Fsp3) is 0.583. The van der Waals surface area contributed by atoms with E-state index in [0.717, 1.165) is 51.3 Å². The number of rotatable bonds is 9. The number of likely N-dealkylation sites (tertiary alicyclic amines) is 1. The molecule has 1 atom stereocenters. The number of aryl methyl sites for hydroxylation is 2. The van der Waals surface area contributed by atoms with Crippen LogP contribution in [0.15, 0.2) is 36.7 Å². The molecule has 0 N–H and O–H groups in total. The highest BCUT2D eigenvalue weighted by Gasteiger charge is 2.43. The second-order valence-electron chi connectivity index (χ2n) is 8.76. The molecule has 0 aliphatic carbocycles. The van der Waals surface area contributed by atoms with Crippen molar-refractivity contribution in [3.63, 3.8) is 0 Å². The van der Waals surface area contributed by atoms with Crippen LogP contribution < -0.4 is 4.74 Å². The molecular weight excluding hydrogens is 362 g/mol. The van der Waals surface area contributed by atoms with Crippen molar-refractivity contribution in [3.05, 3.63) is 53.5 Å². The third kappa shape index (κ3) is 5.14. The molecule has 1 aliphatic rings. The fourth-order valence-corrected chi connectivity index (χ4v) is 4.23. The minimum absolute atomic E-state index is 0.0453. The predicted molar refractivity (Wildman–Crippen MR) is 116 cm³/mol. The van der Waals surface area contributed by atoms with Crippen LogP contribution in [0.2, 0.25) is 0 Å². The molecule has 3 heterocycles. The minimum Gasteiger partial charge on any atom is -0.481 e. The molecule has 29 heavy (non-hydrogen) atoms. The lowest BCUT2D eigenvalue weighted by Crippen LogP contribution is -2.42. The lowest BCUT2D eigenvalue weighted by atomic mass is 9.82. The number of ether oxygens (including phenoxy) is 2. The molecule has 0 bridgehead atoms. The van der Waals surface area contributed by atoms with Crippen LogP contribution in [0.1, 0.15) is 50.4 Å². The Morgan fingerprint density at radius 2 is 1.97 bits per heavy atom. The molecule has 3 rings (SSSR count). The third-order valence-corrected chi connectivity index (χ3v) is 6.41. The Hall–Kier alpha value is -1.98. The lowest BCUT2D eigenvalue weighted by Gasteiger charge is -2.38. The highest BCUT2D eigenvalue weighted by Crippen LogP contribution is 2.41. The Labute approximate surface area is 175 Å². The van der Waals surface area contributed by atoms with Crippen molar-refractivity contribution in [2.45, 2.75) is 52.5 Å². The third-order valence-electron chi connectivity index (χ3n) is 6.41. The van der Waals surface area contributed by atoms with Gasteiger partial charge in [0.1, 0.15) is 0 Å². The zero-order valence-electron chi connectivity index (χ0n) is 18.6. The first-order valence-corrected chi connectivity index (χ1v) is 10.6. The highest BCUT2D eigenvalue weighted by atomic mass is 16.5. The average Bonchev–Trinajstić information content (AvgIpc) is 3.17. The van der Waals surface area contributed by atoms with Crippen molar-refractivity contribution in [1.82, 2.24) is 14.9 Å². The predicted octanol–water partition coefficient (Wildman–Crippen LogP) is 4.39. The van der Waals surface area contributed by atoms with Gasteiger partial charge in [-0.3, -0.25) is 9.88 Å². The Morgan fingerprint density at radius 1 is 1.14 bits per heavy atom. The summed E-state index contributed by atoms with van der Waals surface area (Å²) in [5.74, 6) is 0.665. The van der Waals surface area contributed by atoms with Crippen molar-refractivity contribution in [2.24, 2.45) is 5.41 Å². The summed E-state index contributed by atoms with van der Waals surface area (Å²) < 4.78 is 11.1. The number of nitrogens with zero attached hydrogens (tertiary/aromatic N) is 3. The lowest BCUT2D eigenvalue weighted by molar-refractivity contribution is 0.0384. The van der Waals surface area contributed by atoms with Crippen molar-refractivity contribution in [1.29, 1.82) is 0 Å². The Bertz CT molecular complexity index is 774. The van der Waals surface area contributed by atoms with Crippen molar-refractivity contribution in [2.75, 3.05) is 33.4 Å². The first-order valence-electron chi connectivity index (χ1n) is 10.6. The molecule has 5 nitrogen and oxygen atoms in total. The van der Waals surface area contributed by atoms with Gasteiger partial charge in [0.05, 0.1) is 13.7 Å². The van der Waals surface area contributed by atoms with Crippen LogP contribution in [0.5, 0.6) is 5.88 Å². The van der Waals surface area contributed by atoms with E-state index in [-0.39, 0.29) is 11.0 Å². The molecule has 1 fully saturated rings. The highest BCUT2D eigenvalue weighted by molar-refractivity contribution is 5.22. The summed E-state index contributed by atoms with van der Waals surface area (Å²) in [7, 11) is 1.65. The van der Waals surface area contributed by atoms with E-state index in [1.54, 1.807) is 7.11 Å². The quantitative estimate of drug-likeness (QED) is 0.628. The van der Waals surface area contributed by atoms with Crippen molar-refractivity contribution in [3.8, 4) is 5.88 Å². The number of pyridine rings is 2. The summed E-state index contributed by atoms with van der Waals surface area (Å²) in [6.07, 6.45) is 7.21. The number of hydrogen-bond donors (Lipinski definition) is 0. The molecule has 5 heteroatoms. The largest absolute Gasteiger partial charge is 0.481 e. The van der Waals surface area contributed by atoms with E-state index < -0.39 is 0 Å². The van der Waals surface area contributed by atoms with Crippen LogP contribution in [0.4, 0.5) is 0 Å². The molecule has 0 amide bonds. The average molecular weight is 398 g/mol. The van der Waals surface area contributed by atoms with Crippen molar-refractivity contribution >= 4 is 0 Å². The molecule has 158 valence electrons. The second-order valence-corrected chi connectivity index (χ2v) is 8.76. The normalized spacial score (nSPS) is 20.2. The van der Waals surface area contributed by atoms with E-state index in [1.165, 1.54) is 11.1 Å². The molecule has 0 aromatic carbocycles. The number of methoxy groups -OCH3 is 1. The summed E-state index contributed by atoms with van der Waals surface area (Å²) >= 11 is 0. The van der Waals surface area contributed by atoms with Crippen LogP contribution >= 0.6 is 0 Å². The van der Waals surface area contributed by atoms with Crippen LogP contribution in [-0.2, 0) is 16.7 Å². The number of aromatic nitrogens is 2. The van der Waals surface area contributed by atoms with Gasteiger partial charge in [0.2, 0.25) is 5.88 Å². The summed E-state index contributed by atoms with van der Waals surface area (Å²) in [4.78, 5) is 11.5. The molecule has 2 aromatic heterocycles. The fourth-order valence-electron chi connectivity index (χ4n) is 4.23. The van der Waals surface area contributed by atoms with E-state index >= 15 is 0 Å². The molecule has 0 radical (unpaired) electrons. The second kappa shape index (κ2) is 9.23. The van der Waals surface area contributed by atoms with Gasteiger partial charge in [-0.15, -0.1) is 0 Å². The van der Waals surface area contributed by atoms with Crippen LogP contribution in [0.3, 0.4) is 0 Å². The molecule has 0 saturated carbocycles. The first kappa shape index (κ1) is 21.7. The summed E-state index contributed by atoms with van der Waals surface area (Å²) in [6, 6.07) is 8.39. The van der Waals surface area contributed by atoms with Gasteiger partial charge in [-0.1, -0.05) is 12.1 Å². The summed E-state index contributed by atoms with van der Waals surface area (Å²) in [6.45, 7) is 12.4. The van der Waals surface area contributed by atoms with Gasteiger partial charge in [0.25, 0.3) is 0 Å². The van der Waals surface area contributed by atoms with E-state index in [0.29, 0.717) is 5.88 Å². The van der Waals surface area contributed by atoms with Gasteiger partial charge >= 0.3 is 0 Å². The topological polar surface area (TPSA) is 47.5 Å². The molecule has 1 saturated heterocycles. The van der Waals surface area contributed by atoms with E-state index in [1.807, 2.05) is 25.4 Å². The molecule has 1 aliphatic heterocycles. The number of hydrogen-bond acceptors (Lipinski definition) is 5. The SMILES string of the molecule is CCOC[C@@]1(CCc2ccc(OC)nc2)CCN(C(C)(C)c2ccc(C)nc2)C1. The minimum atomic E-state index is -0.0453. The maximum atomic E-state index is 5.95. The molecular formula is C24H35N3O2. The van der Waals surface area contributed by atoms with Crippen molar-refractivity contribution < 1.29 is 9.47 Å². The maximum Gasteiger partial charge on any atom is 0.212 e. The standard InChI is InChI=1S/C24H35N3O2/c1-6-29-18-24(12-11-20-8-10-22(28-5)26-15-20)13-14-27(17-24)23(3,4)21-9-7-19(2)25-16-21/h7-10,15-16H,6,11-14,17-18H2,1-5H3/t24-/m0/s1. The first-order chi connectivity index (χ1) is 13.9. The summed E-state index contributed by atoms with van der Waals surface area (Å²) in [5, 5.41) is 0. The molecule has 0 unspecified atom stereocenters. The van der Waals surface area contributed by atoms with E-state index in [4.69, 9.17) is 9.47 Å². The zero-order chi connectivity index (χ0) is 20.9. The smallest absolute Gasteiger partial charge is 0.212 e. The van der Waals surface area contributed by atoms with Crippen LogP contribution in [-0.4, -0.2) is 48.3 Å². The van der Waals surface area contributed by atoms with E-state index in [2.05, 4.69) is 53.8 Å². The van der Waals surface area contributed by atoms with Gasteiger partial charge < -0.3 is 9.47 Å². The van der Waals surface area contributed by atoms with Crippen LogP contribution in [0.25, 0.3) is 0 Å². The monoisotopic (exact) mass is 397 g/mol. The Kier molecular flexibility index (Phi) is 6.91. The zero-order valence-corrected chi connectivity index (χ0v) is 18.6. The van der Waals surface area contributed by atoms with E-state index in [9.17, 15) is 0 Å². The van der Waals surface area contributed by atoms with Gasteiger partial charge in [-0.25, -0.2) is 4.98 Å². The maximum absolute atomic E-state index is 5.95. The molecule has 0 spiro atoms. The Balaban J connectivity index is 1.71. The van der Waals surface area contributed by atoms with Gasteiger partial charge in [-0.05, 0) is 70.7 Å². The van der Waals surface area contributed by atoms with Gasteiger partial charge in [0, 0.05) is 48.3 Å². The van der Waals surface area contributed by atoms with Gasteiger partial charge in [0.15, 0.2) is 0 Å². The van der Waals surface area contributed by atoms with Gasteiger partial charge in [-0.2, -0.15) is 0 Å².